The van der Waals surface area contributed by atoms with Gasteiger partial charge in [-0.1, -0.05) is 18.2 Å². The molecule has 0 saturated carbocycles. The molecule has 2 rings (SSSR count). The summed E-state index contributed by atoms with van der Waals surface area (Å²) < 4.78 is 25.8. The molecular weight excluding hydrogens is 373 g/mol. The number of aryl methyl sites for hydroxylation is 1. The van der Waals surface area contributed by atoms with Gasteiger partial charge in [0.2, 0.25) is 0 Å². The summed E-state index contributed by atoms with van der Waals surface area (Å²) in [7, 11) is -3.40. The molecular formula is C14H14INO2S. The van der Waals surface area contributed by atoms with Gasteiger partial charge in [0.25, 0.3) is 0 Å². The lowest BCUT2D eigenvalue weighted by Gasteiger charge is -2.08. The van der Waals surface area contributed by atoms with Crippen molar-refractivity contribution in [3.8, 4) is 0 Å². The standard InChI is InChI=1S/C14H14INO2S/c1-10-2-7-14(13(16)8-10)19(17,18)9-11-3-5-12(15)6-4-11/h2-8H,9,16H2,1H3. The maximum absolute atomic E-state index is 12.3. The van der Waals surface area contributed by atoms with Crippen LogP contribution in [-0.4, -0.2) is 8.42 Å². The Morgan fingerprint density at radius 1 is 1.11 bits per heavy atom. The number of nitrogens with two attached hydrogens (primary N) is 1. The molecule has 2 aromatic rings. The van der Waals surface area contributed by atoms with E-state index in [0.29, 0.717) is 5.69 Å². The van der Waals surface area contributed by atoms with Gasteiger partial charge in [-0.2, -0.15) is 0 Å². The van der Waals surface area contributed by atoms with E-state index >= 15 is 0 Å². The lowest BCUT2D eigenvalue weighted by molar-refractivity contribution is 0.595. The Labute approximate surface area is 126 Å². The predicted molar refractivity (Wildman–Crippen MR) is 85.6 cm³/mol. The largest absolute Gasteiger partial charge is 0.398 e. The first-order valence-electron chi connectivity index (χ1n) is 5.72. The first kappa shape index (κ1) is 14.3. The molecule has 100 valence electrons. The van der Waals surface area contributed by atoms with E-state index in [-0.39, 0.29) is 10.6 Å². The third-order valence-electron chi connectivity index (χ3n) is 2.77. The third kappa shape index (κ3) is 3.48. The van der Waals surface area contributed by atoms with Crippen LogP contribution in [0.2, 0.25) is 0 Å². The van der Waals surface area contributed by atoms with E-state index in [1.54, 1.807) is 18.2 Å². The van der Waals surface area contributed by atoms with Crippen LogP contribution >= 0.6 is 22.6 Å². The van der Waals surface area contributed by atoms with Crippen molar-refractivity contribution < 1.29 is 8.42 Å². The first-order valence-corrected chi connectivity index (χ1v) is 8.45. The molecule has 3 nitrogen and oxygen atoms in total. The molecule has 0 radical (unpaired) electrons. The molecule has 0 bridgehead atoms. The summed E-state index contributed by atoms with van der Waals surface area (Å²) in [6.07, 6.45) is 0. The SMILES string of the molecule is Cc1ccc(S(=O)(=O)Cc2ccc(I)cc2)c(N)c1. The number of hydrogen-bond donors (Lipinski definition) is 1. The maximum atomic E-state index is 12.3. The zero-order chi connectivity index (χ0) is 14.0. The third-order valence-corrected chi connectivity index (χ3v) is 5.24. The van der Waals surface area contributed by atoms with Gasteiger partial charge >= 0.3 is 0 Å². The van der Waals surface area contributed by atoms with Crippen molar-refractivity contribution in [1.82, 2.24) is 0 Å². The molecule has 0 heterocycles. The number of nitrogen functional groups attached to an aromatic ring is 1. The number of hydrogen-bond acceptors (Lipinski definition) is 3. The molecule has 0 aliphatic rings. The molecule has 0 fully saturated rings. The predicted octanol–water partition coefficient (Wildman–Crippen LogP) is 3.16. The number of anilines is 1. The normalized spacial score (nSPS) is 11.5. The molecule has 0 aromatic heterocycles. The van der Waals surface area contributed by atoms with E-state index in [4.69, 9.17) is 5.73 Å². The van der Waals surface area contributed by atoms with E-state index < -0.39 is 9.84 Å². The summed E-state index contributed by atoms with van der Waals surface area (Å²) in [6, 6.07) is 12.5. The second-order valence-corrected chi connectivity index (χ2v) is 7.63. The molecule has 0 amide bonds. The molecule has 0 aliphatic carbocycles. The molecule has 0 aliphatic heterocycles. The second-order valence-electron chi connectivity index (χ2n) is 4.43. The van der Waals surface area contributed by atoms with Crippen molar-refractivity contribution in [2.24, 2.45) is 0 Å². The van der Waals surface area contributed by atoms with Crippen molar-refractivity contribution in [2.45, 2.75) is 17.6 Å². The fraction of sp³-hybridized carbons (Fsp3) is 0.143. The Morgan fingerprint density at radius 2 is 1.74 bits per heavy atom. The van der Waals surface area contributed by atoms with Crippen LogP contribution in [0.4, 0.5) is 5.69 Å². The molecule has 0 saturated heterocycles. The van der Waals surface area contributed by atoms with Gasteiger partial charge in [0, 0.05) is 3.57 Å². The van der Waals surface area contributed by atoms with Crippen molar-refractivity contribution in [2.75, 3.05) is 5.73 Å². The van der Waals surface area contributed by atoms with Gasteiger partial charge < -0.3 is 5.73 Å². The molecule has 0 unspecified atom stereocenters. The van der Waals surface area contributed by atoms with Gasteiger partial charge in [0.05, 0.1) is 16.3 Å². The monoisotopic (exact) mass is 387 g/mol. The average molecular weight is 387 g/mol. The van der Waals surface area contributed by atoms with Crippen molar-refractivity contribution >= 4 is 38.1 Å². The van der Waals surface area contributed by atoms with Gasteiger partial charge in [0.1, 0.15) is 0 Å². The van der Waals surface area contributed by atoms with E-state index in [1.165, 1.54) is 0 Å². The van der Waals surface area contributed by atoms with Crippen molar-refractivity contribution in [3.05, 3.63) is 57.2 Å². The fourth-order valence-corrected chi connectivity index (χ4v) is 3.67. The highest BCUT2D eigenvalue weighted by Crippen LogP contribution is 2.23. The fourth-order valence-electron chi connectivity index (χ4n) is 1.83. The van der Waals surface area contributed by atoms with E-state index in [0.717, 1.165) is 14.7 Å². The summed E-state index contributed by atoms with van der Waals surface area (Å²) in [4.78, 5) is 0.205. The van der Waals surface area contributed by atoms with Crippen molar-refractivity contribution in [1.29, 1.82) is 0 Å². The Kier molecular flexibility index (Phi) is 4.15. The van der Waals surface area contributed by atoms with Crippen LogP contribution in [0.25, 0.3) is 0 Å². The number of halogens is 1. The molecule has 0 spiro atoms. The van der Waals surface area contributed by atoms with E-state index in [2.05, 4.69) is 22.6 Å². The number of benzene rings is 2. The highest BCUT2D eigenvalue weighted by atomic mass is 127. The Balaban J connectivity index is 2.35. The zero-order valence-electron chi connectivity index (χ0n) is 10.4. The minimum atomic E-state index is -3.40. The van der Waals surface area contributed by atoms with Crippen LogP contribution in [-0.2, 0) is 15.6 Å². The van der Waals surface area contributed by atoms with Crippen LogP contribution in [0.15, 0.2) is 47.4 Å². The number of sulfone groups is 1. The summed E-state index contributed by atoms with van der Waals surface area (Å²) in [5, 5.41) is 0. The lowest BCUT2D eigenvalue weighted by atomic mass is 10.2. The molecule has 2 aromatic carbocycles. The lowest BCUT2D eigenvalue weighted by Crippen LogP contribution is -2.08. The van der Waals surface area contributed by atoms with Crippen LogP contribution < -0.4 is 5.73 Å². The summed E-state index contributed by atoms with van der Waals surface area (Å²) in [6.45, 7) is 1.88. The van der Waals surface area contributed by atoms with E-state index in [9.17, 15) is 8.42 Å². The Hall–Kier alpha value is -1.08. The van der Waals surface area contributed by atoms with E-state index in [1.807, 2.05) is 31.2 Å². The quantitative estimate of drug-likeness (QED) is 0.650. The average Bonchev–Trinajstić information content (AvgIpc) is 2.31. The first-order chi connectivity index (χ1) is 8.88. The van der Waals surface area contributed by atoms with Crippen LogP contribution in [0.3, 0.4) is 0 Å². The Bertz CT molecular complexity index is 694. The van der Waals surface area contributed by atoms with Gasteiger partial charge in [-0.25, -0.2) is 8.42 Å². The van der Waals surface area contributed by atoms with Crippen LogP contribution in [0.1, 0.15) is 11.1 Å². The minimum absolute atomic E-state index is 0.0306. The summed E-state index contributed by atoms with van der Waals surface area (Å²) in [5.41, 5.74) is 7.83. The molecule has 0 atom stereocenters. The zero-order valence-corrected chi connectivity index (χ0v) is 13.4. The number of rotatable bonds is 3. The highest BCUT2D eigenvalue weighted by molar-refractivity contribution is 14.1. The van der Waals surface area contributed by atoms with Crippen LogP contribution in [0, 0.1) is 10.5 Å². The Morgan fingerprint density at radius 3 is 2.32 bits per heavy atom. The van der Waals surface area contributed by atoms with Gasteiger partial charge in [-0.3, -0.25) is 0 Å². The van der Waals surface area contributed by atoms with Gasteiger partial charge in [-0.05, 0) is 64.9 Å². The molecule has 5 heteroatoms. The second kappa shape index (κ2) is 5.50. The summed E-state index contributed by atoms with van der Waals surface area (Å²) >= 11 is 2.18. The van der Waals surface area contributed by atoms with Gasteiger partial charge in [0.15, 0.2) is 9.84 Å². The highest BCUT2D eigenvalue weighted by Gasteiger charge is 2.18. The molecule has 2 N–H and O–H groups in total. The van der Waals surface area contributed by atoms with Crippen LogP contribution in [0.5, 0.6) is 0 Å². The minimum Gasteiger partial charge on any atom is -0.398 e. The smallest absolute Gasteiger partial charge is 0.184 e. The summed E-state index contributed by atoms with van der Waals surface area (Å²) in [5.74, 6) is -0.0306. The topological polar surface area (TPSA) is 60.2 Å². The maximum Gasteiger partial charge on any atom is 0.184 e. The van der Waals surface area contributed by atoms with Crippen molar-refractivity contribution in [3.63, 3.8) is 0 Å². The molecule has 19 heavy (non-hydrogen) atoms. The van der Waals surface area contributed by atoms with Gasteiger partial charge in [-0.15, -0.1) is 0 Å².